The first-order valence-electron chi connectivity index (χ1n) is 16.3. The third-order valence-corrected chi connectivity index (χ3v) is 8.78. The Morgan fingerprint density at radius 2 is 1.20 bits per heavy atom. The molecule has 7 aromatic rings. The zero-order chi connectivity index (χ0) is 32.8. The predicted octanol–water partition coefficient (Wildman–Crippen LogP) is 8.66. The van der Waals surface area contributed by atoms with Crippen molar-refractivity contribution in [1.29, 1.82) is 0 Å². The highest BCUT2D eigenvalue weighted by Crippen LogP contribution is 2.43. The normalized spacial score (nSPS) is 11.1. The predicted molar refractivity (Wildman–Crippen MR) is 201 cm³/mol. The van der Waals surface area contributed by atoms with Gasteiger partial charge in [0.25, 0.3) is 0 Å². The quantitative estimate of drug-likeness (QED) is 0.139. The van der Waals surface area contributed by atoms with Crippen molar-refractivity contribution in [2.45, 2.75) is 25.4 Å². The molecule has 0 spiro atoms. The van der Waals surface area contributed by atoms with E-state index in [0.717, 1.165) is 52.2 Å². The first-order valence-corrected chi connectivity index (χ1v) is 16.3. The fourth-order valence-electron chi connectivity index (χ4n) is 6.63. The molecule has 2 aromatic heterocycles. The van der Waals surface area contributed by atoms with Crippen LogP contribution in [0.25, 0.3) is 22.5 Å². The highest BCUT2D eigenvalue weighted by atomic mass is 35.5. The monoisotopic (exact) mass is 663 g/mol. The molecule has 244 valence electrons. The van der Waals surface area contributed by atoms with Gasteiger partial charge in [0, 0.05) is 24.8 Å². The topological polar surface area (TPSA) is 85.8 Å². The number of hydrogen-bond donors (Lipinski definition) is 1. The first kappa shape index (κ1) is 33.1. The number of aromatic nitrogens is 5. The van der Waals surface area contributed by atoms with Gasteiger partial charge in [-0.1, -0.05) is 146 Å². The molecular weight excluding hydrogens is 626 g/mol. The Labute approximate surface area is 293 Å². The number of rotatable bonds is 11. The SMILES string of the molecule is CCCN(Cc1ccc(-c2ccccc2-c2nnnn2C(c2ccccc2)(c2ccccc2)c2ccccc2)cc1)c1ncccc1N.Cl. The summed E-state index contributed by atoms with van der Waals surface area (Å²) in [5.74, 6) is 1.49. The zero-order valence-corrected chi connectivity index (χ0v) is 28.1. The molecule has 2 heterocycles. The lowest BCUT2D eigenvalue weighted by atomic mass is 9.77. The molecule has 7 nitrogen and oxygen atoms in total. The second-order valence-electron chi connectivity index (χ2n) is 11.8. The first-order chi connectivity index (χ1) is 23.7. The average molecular weight is 664 g/mol. The Balaban J connectivity index is 0.00000417. The molecule has 0 aliphatic carbocycles. The van der Waals surface area contributed by atoms with Crippen LogP contribution in [0.15, 0.2) is 158 Å². The Kier molecular flexibility index (Phi) is 10.1. The van der Waals surface area contributed by atoms with Gasteiger partial charge in [-0.15, -0.1) is 17.5 Å². The third-order valence-electron chi connectivity index (χ3n) is 8.78. The van der Waals surface area contributed by atoms with Gasteiger partial charge in [0.2, 0.25) is 0 Å². The molecule has 0 amide bonds. The minimum Gasteiger partial charge on any atom is -0.396 e. The summed E-state index contributed by atoms with van der Waals surface area (Å²) >= 11 is 0. The van der Waals surface area contributed by atoms with Gasteiger partial charge in [-0.2, -0.15) is 0 Å². The van der Waals surface area contributed by atoms with Crippen LogP contribution in [0.4, 0.5) is 11.5 Å². The van der Waals surface area contributed by atoms with E-state index in [0.29, 0.717) is 18.1 Å². The van der Waals surface area contributed by atoms with Crippen LogP contribution in [0, 0.1) is 0 Å². The van der Waals surface area contributed by atoms with E-state index in [1.165, 1.54) is 5.56 Å². The number of nitrogens with zero attached hydrogens (tertiary/aromatic N) is 6. The summed E-state index contributed by atoms with van der Waals surface area (Å²) < 4.78 is 1.99. The fourth-order valence-corrected chi connectivity index (χ4v) is 6.63. The highest BCUT2D eigenvalue weighted by molar-refractivity contribution is 5.85. The molecule has 0 radical (unpaired) electrons. The molecule has 8 heteroatoms. The fraction of sp³-hybridized carbons (Fsp3) is 0.122. The number of hydrogen-bond acceptors (Lipinski definition) is 6. The van der Waals surface area contributed by atoms with E-state index in [2.05, 4.69) is 137 Å². The second kappa shape index (κ2) is 15.0. The summed E-state index contributed by atoms with van der Waals surface area (Å²) in [6, 6.07) is 52.2. The minimum absolute atomic E-state index is 0. The van der Waals surface area contributed by atoms with E-state index in [1.54, 1.807) is 6.20 Å². The molecule has 0 aliphatic rings. The van der Waals surface area contributed by atoms with Crippen molar-refractivity contribution in [3.05, 3.63) is 180 Å². The van der Waals surface area contributed by atoms with Crippen molar-refractivity contribution in [1.82, 2.24) is 25.2 Å². The average Bonchev–Trinajstić information content (AvgIpc) is 3.64. The lowest BCUT2D eigenvalue weighted by Crippen LogP contribution is -2.39. The lowest BCUT2D eigenvalue weighted by Gasteiger charge is -2.36. The van der Waals surface area contributed by atoms with Crippen LogP contribution >= 0.6 is 12.4 Å². The van der Waals surface area contributed by atoms with Crippen LogP contribution in [0.2, 0.25) is 0 Å². The largest absolute Gasteiger partial charge is 0.396 e. The lowest BCUT2D eigenvalue weighted by molar-refractivity contribution is 0.451. The van der Waals surface area contributed by atoms with E-state index in [4.69, 9.17) is 16.0 Å². The Bertz CT molecular complexity index is 1990. The molecule has 0 unspecified atom stereocenters. The van der Waals surface area contributed by atoms with E-state index >= 15 is 0 Å². The Morgan fingerprint density at radius 3 is 1.76 bits per heavy atom. The minimum atomic E-state index is -0.838. The van der Waals surface area contributed by atoms with Gasteiger partial charge >= 0.3 is 0 Å². The van der Waals surface area contributed by atoms with Gasteiger partial charge < -0.3 is 10.6 Å². The summed E-state index contributed by atoms with van der Waals surface area (Å²) in [4.78, 5) is 6.81. The Morgan fingerprint density at radius 1 is 0.653 bits per heavy atom. The number of nitrogen functional groups attached to an aromatic ring is 1. The molecule has 0 fully saturated rings. The number of nitrogens with two attached hydrogens (primary N) is 1. The van der Waals surface area contributed by atoms with Crippen LogP contribution in [0.5, 0.6) is 0 Å². The number of tetrazole rings is 1. The van der Waals surface area contributed by atoms with Gasteiger partial charge in [0.15, 0.2) is 11.6 Å². The van der Waals surface area contributed by atoms with E-state index in [1.807, 2.05) is 41.1 Å². The van der Waals surface area contributed by atoms with Crippen LogP contribution in [0.1, 0.15) is 35.6 Å². The maximum Gasteiger partial charge on any atom is 0.184 e. The maximum absolute atomic E-state index is 6.30. The molecule has 5 aromatic carbocycles. The number of halogens is 1. The van der Waals surface area contributed by atoms with Crippen LogP contribution in [-0.4, -0.2) is 31.7 Å². The van der Waals surface area contributed by atoms with Gasteiger partial charge in [0.1, 0.15) is 5.54 Å². The summed E-state index contributed by atoms with van der Waals surface area (Å²) in [5.41, 5.74) is 13.6. The maximum atomic E-state index is 6.30. The molecule has 0 saturated carbocycles. The van der Waals surface area contributed by atoms with Crippen molar-refractivity contribution in [2.75, 3.05) is 17.2 Å². The second-order valence-corrected chi connectivity index (χ2v) is 11.8. The molecule has 7 rings (SSSR count). The van der Waals surface area contributed by atoms with Crippen LogP contribution < -0.4 is 10.6 Å². The Hall–Kier alpha value is -5.79. The van der Waals surface area contributed by atoms with E-state index in [9.17, 15) is 0 Å². The van der Waals surface area contributed by atoms with Gasteiger partial charge in [0.05, 0.1) is 5.69 Å². The summed E-state index contributed by atoms with van der Waals surface area (Å²) in [5, 5.41) is 13.8. The van der Waals surface area contributed by atoms with Gasteiger partial charge in [-0.05, 0) is 62.4 Å². The van der Waals surface area contributed by atoms with Crippen molar-refractivity contribution in [3.63, 3.8) is 0 Å². The number of anilines is 2. The molecular formula is C41H38ClN7. The number of pyridine rings is 1. The molecule has 0 atom stereocenters. The summed E-state index contributed by atoms with van der Waals surface area (Å²) in [6.45, 7) is 3.74. The molecule has 0 saturated heterocycles. The standard InChI is InChI=1S/C41H37N7.ClH/c1-2-29-47(40-38(42)23-14-28-43-40)30-31-24-26-32(27-25-31)36-21-12-13-22-37(36)39-44-45-46-48(39)41(33-15-6-3-7-16-33,34-17-8-4-9-18-34)35-19-10-5-11-20-35;/h3-28H,2,29-30,42H2,1H3;1H. The van der Waals surface area contributed by atoms with Crippen molar-refractivity contribution in [2.24, 2.45) is 0 Å². The van der Waals surface area contributed by atoms with Crippen LogP contribution in [0.3, 0.4) is 0 Å². The van der Waals surface area contributed by atoms with E-state index in [-0.39, 0.29) is 12.4 Å². The molecule has 0 aliphatic heterocycles. The van der Waals surface area contributed by atoms with Gasteiger partial charge in [-0.3, -0.25) is 0 Å². The van der Waals surface area contributed by atoms with Gasteiger partial charge in [-0.25, -0.2) is 9.67 Å². The van der Waals surface area contributed by atoms with Crippen molar-refractivity contribution >= 4 is 23.9 Å². The highest BCUT2D eigenvalue weighted by Gasteiger charge is 2.42. The third kappa shape index (κ3) is 6.41. The smallest absolute Gasteiger partial charge is 0.184 e. The molecule has 49 heavy (non-hydrogen) atoms. The molecule has 2 N–H and O–H groups in total. The van der Waals surface area contributed by atoms with E-state index < -0.39 is 5.54 Å². The van der Waals surface area contributed by atoms with Crippen molar-refractivity contribution < 1.29 is 0 Å². The summed E-state index contributed by atoms with van der Waals surface area (Å²) in [6.07, 6.45) is 2.79. The molecule has 0 bridgehead atoms. The summed E-state index contributed by atoms with van der Waals surface area (Å²) in [7, 11) is 0. The van der Waals surface area contributed by atoms with Crippen molar-refractivity contribution in [3.8, 4) is 22.5 Å². The number of benzene rings is 5. The van der Waals surface area contributed by atoms with Crippen LogP contribution in [-0.2, 0) is 12.1 Å². The zero-order valence-electron chi connectivity index (χ0n) is 27.3.